The Morgan fingerprint density at radius 1 is 1.05 bits per heavy atom. The van der Waals surface area contributed by atoms with E-state index in [-0.39, 0.29) is 6.04 Å². The fraction of sp³-hybridized carbons (Fsp3) is 0.118. The molecule has 0 saturated heterocycles. The van der Waals surface area contributed by atoms with E-state index < -0.39 is 0 Å². The van der Waals surface area contributed by atoms with Crippen LogP contribution in [0.15, 0.2) is 54.9 Å². The Bertz CT molecular complexity index is 763. The van der Waals surface area contributed by atoms with Crippen LogP contribution in [0.3, 0.4) is 0 Å². The molecule has 1 heterocycles. The Balaban J connectivity index is 2.18. The van der Waals surface area contributed by atoms with Crippen LogP contribution in [0.1, 0.15) is 22.7 Å². The van der Waals surface area contributed by atoms with Crippen LogP contribution >= 0.6 is 11.6 Å². The maximum absolute atomic E-state index is 6.45. The van der Waals surface area contributed by atoms with Crippen molar-refractivity contribution >= 4 is 22.4 Å². The van der Waals surface area contributed by atoms with Crippen molar-refractivity contribution in [2.45, 2.75) is 13.0 Å². The molecular weight excluding hydrogens is 268 g/mol. The molecule has 0 aliphatic rings. The van der Waals surface area contributed by atoms with E-state index in [2.05, 4.69) is 4.98 Å². The van der Waals surface area contributed by atoms with E-state index in [9.17, 15) is 0 Å². The van der Waals surface area contributed by atoms with Gasteiger partial charge in [-0.2, -0.15) is 0 Å². The third-order valence-corrected chi connectivity index (χ3v) is 4.12. The number of aryl methyl sites for hydroxylation is 1. The number of fused-ring (bicyclic) bond motifs is 1. The average Bonchev–Trinajstić information content (AvgIpc) is 2.49. The molecule has 100 valence electrons. The summed E-state index contributed by atoms with van der Waals surface area (Å²) in [5.74, 6) is 0. The van der Waals surface area contributed by atoms with Crippen LogP contribution in [-0.4, -0.2) is 4.98 Å². The molecule has 0 bridgehead atoms. The lowest BCUT2D eigenvalue weighted by molar-refractivity contribution is 0.879. The van der Waals surface area contributed by atoms with Gasteiger partial charge in [0.05, 0.1) is 6.04 Å². The van der Waals surface area contributed by atoms with Crippen molar-refractivity contribution in [2.75, 3.05) is 0 Å². The highest BCUT2D eigenvalue weighted by atomic mass is 35.5. The Morgan fingerprint density at radius 2 is 1.80 bits per heavy atom. The average molecular weight is 283 g/mol. The molecule has 0 saturated carbocycles. The minimum absolute atomic E-state index is 0.242. The second kappa shape index (κ2) is 5.23. The lowest BCUT2D eigenvalue weighted by Gasteiger charge is -2.17. The molecule has 0 fully saturated rings. The first-order valence-electron chi connectivity index (χ1n) is 6.51. The first kappa shape index (κ1) is 13.1. The quantitative estimate of drug-likeness (QED) is 0.763. The topological polar surface area (TPSA) is 38.9 Å². The van der Waals surface area contributed by atoms with E-state index in [0.29, 0.717) is 0 Å². The largest absolute Gasteiger partial charge is 0.320 e. The molecule has 3 aromatic rings. The zero-order chi connectivity index (χ0) is 14.1. The lowest BCUT2D eigenvalue weighted by atomic mass is 9.94. The van der Waals surface area contributed by atoms with Crippen LogP contribution in [0.2, 0.25) is 5.02 Å². The van der Waals surface area contributed by atoms with Crippen LogP contribution < -0.4 is 5.73 Å². The van der Waals surface area contributed by atoms with E-state index in [1.165, 1.54) is 0 Å². The summed E-state index contributed by atoms with van der Waals surface area (Å²) in [5, 5.41) is 2.95. The van der Waals surface area contributed by atoms with Gasteiger partial charge in [0.15, 0.2) is 0 Å². The monoisotopic (exact) mass is 282 g/mol. The zero-order valence-corrected chi connectivity index (χ0v) is 11.9. The lowest BCUT2D eigenvalue weighted by Crippen LogP contribution is -2.13. The molecule has 3 rings (SSSR count). The van der Waals surface area contributed by atoms with Crippen molar-refractivity contribution in [3.8, 4) is 0 Å². The predicted octanol–water partition coefficient (Wildman–Crippen LogP) is 4.24. The molecule has 3 heteroatoms. The van der Waals surface area contributed by atoms with Gasteiger partial charge in [-0.3, -0.25) is 4.98 Å². The molecule has 0 aliphatic carbocycles. The highest BCUT2D eigenvalue weighted by Crippen LogP contribution is 2.32. The summed E-state index contributed by atoms with van der Waals surface area (Å²) < 4.78 is 0. The maximum atomic E-state index is 6.45. The van der Waals surface area contributed by atoms with Gasteiger partial charge in [-0.25, -0.2) is 0 Å². The van der Waals surface area contributed by atoms with E-state index >= 15 is 0 Å². The third kappa shape index (κ3) is 2.17. The number of benzene rings is 2. The van der Waals surface area contributed by atoms with Gasteiger partial charge >= 0.3 is 0 Å². The number of halogens is 1. The number of nitrogens with two attached hydrogens (primary N) is 1. The fourth-order valence-electron chi connectivity index (χ4n) is 2.50. The number of rotatable bonds is 2. The van der Waals surface area contributed by atoms with Gasteiger partial charge in [0.2, 0.25) is 0 Å². The molecule has 0 spiro atoms. The van der Waals surface area contributed by atoms with Crippen molar-refractivity contribution in [3.63, 3.8) is 0 Å². The van der Waals surface area contributed by atoms with Gasteiger partial charge < -0.3 is 5.73 Å². The highest BCUT2D eigenvalue weighted by Gasteiger charge is 2.15. The standard InChI is InChI=1S/C17H15ClN2/c1-11-4-2-7-15(16(11)18)17(19)14-6-3-5-12-10-20-9-8-13(12)14/h2-10,17H,19H2,1H3. The minimum atomic E-state index is -0.242. The van der Waals surface area contributed by atoms with Crippen molar-refractivity contribution < 1.29 is 0 Å². The normalized spacial score (nSPS) is 12.6. The minimum Gasteiger partial charge on any atom is -0.320 e. The van der Waals surface area contributed by atoms with E-state index in [0.717, 1.165) is 32.5 Å². The smallest absolute Gasteiger partial charge is 0.0572 e. The van der Waals surface area contributed by atoms with Crippen molar-refractivity contribution in [3.05, 3.63) is 76.6 Å². The molecule has 1 unspecified atom stereocenters. The summed E-state index contributed by atoms with van der Waals surface area (Å²) in [5.41, 5.74) is 9.51. The molecule has 0 aliphatic heterocycles. The fourth-order valence-corrected chi connectivity index (χ4v) is 2.74. The summed E-state index contributed by atoms with van der Waals surface area (Å²) in [6.45, 7) is 1.99. The van der Waals surface area contributed by atoms with Gasteiger partial charge in [0, 0.05) is 22.8 Å². The van der Waals surface area contributed by atoms with Crippen LogP contribution in [0.25, 0.3) is 10.8 Å². The Kier molecular flexibility index (Phi) is 3.43. The summed E-state index contributed by atoms with van der Waals surface area (Å²) in [7, 11) is 0. The Morgan fingerprint density at radius 3 is 2.65 bits per heavy atom. The molecule has 2 aromatic carbocycles. The first-order chi connectivity index (χ1) is 9.68. The van der Waals surface area contributed by atoms with Gasteiger partial charge in [-0.15, -0.1) is 0 Å². The summed E-state index contributed by atoms with van der Waals surface area (Å²) in [6, 6.07) is 13.8. The molecule has 2 nitrogen and oxygen atoms in total. The molecule has 2 N–H and O–H groups in total. The number of hydrogen-bond acceptors (Lipinski definition) is 2. The number of pyridine rings is 1. The zero-order valence-electron chi connectivity index (χ0n) is 11.2. The summed E-state index contributed by atoms with van der Waals surface area (Å²) >= 11 is 6.40. The van der Waals surface area contributed by atoms with Gasteiger partial charge in [0.1, 0.15) is 0 Å². The molecule has 20 heavy (non-hydrogen) atoms. The number of nitrogens with zero attached hydrogens (tertiary/aromatic N) is 1. The van der Waals surface area contributed by atoms with Crippen LogP contribution in [0, 0.1) is 6.92 Å². The van der Waals surface area contributed by atoms with Crippen molar-refractivity contribution in [1.82, 2.24) is 4.98 Å². The number of aromatic nitrogens is 1. The number of hydrogen-bond donors (Lipinski definition) is 1. The second-order valence-corrected chi connectivity index (χ2v) is 5.28. The SMILES string of the molecule is Cc1cccc(C(N)c2cccc3cnccc23)c1Cl. The Labute approximate surface area is 123 Å². The molecule has 0 radical (unpaired) electrons. The molecule has 1 atom stereocenters. The van der Waals surface area contributed by atoms with Crippen molar-refractivity contribution in [2.24, 2.45) is 5.73 Å². The van der Waals surface area contributed by atoms with Crippen LogP contribution in [0.4, 0.5) is 0 Å². The van der Waals surface area contributed by atoms with Gasteiger partial charge in [0.25, 0.3) is 0 Å². The van der Waals surface area contributed by atoms with E-state index in [1.54, 1.807) is 6.20 Å². The Hall–Kier alpha value is -1.90. The molecule has 0 amide bonds. The highest BCUT2D eigenvalue weighted by molar-refractivity contribution is 6.32. The second-order valence-electron chi connectivity index (χ2n) is 4.90. The van der Waals surface area contributed by atoms with Gasteiger partial charge in [-0.05, 0) is 35.1 Å². The summed E-state index contributed by atoms with van der Waals surface area (Å²) in [4.78, 5) is 4.15. The molecular formula is C17H15ClN2. The van der Waals surface area contributed by atoms with Gasteiger partial charge in [-0.1, -0.05) is 48.0 Å². The maximum Gasteiger partial charge on any atom is 0.0572 e. The summed E-state index contributed by atoms with van der Waals surface area (Å²) in [6.07, 6.45) is 3.64. The van der Waals surface area contributed by atoms with Crippen molar-refractivity contribution in [1.29, 1.82) is 0 Å². The molecule has 1 aromatic heterocycles. The van der Waals surface area contributed by atoms with Crippen LogP contribution in [-0.2, 0) is 0 Å². The van der Waals surface area contributed by atoms with E-state index in [4.69, 9.17) is 17.3 Å². The first-order valence-corrected chi connectivity index (χ1v) is 6.89. The predicted molar refractivity (Wildman–Crippen MR) is 84.0 cm³/mol. The third-order valence-electron chi connectivity index (χ3n) is 3.61. The van der Waals surface area contributed by atoms with Crippen LogP contribution in [0.5, 0.6) is 0 Å². The van der Waals surface area contributed by atoms with E-state index in [1.807, 2.05) is 55.6 Å².